The van der Waals surface area contributed by atoms with Crippen LogP contribution in [0.3, 0.4) is 0 Å². The molecule has 2 aliphatic heterocycles. The highest BCUT2D eigenvalue weighted by Gasteiger charge is 2.50. The van der Waals surface area contributed by atoms with Crippen molar-refractivity contribution >= 4 is 34.3 Å². The van der Waals surface area contributed by atoms with Crippen molar-refractivity contribution in [1.29, 1.82) is 0 Å². The molecule has 0 saturated heterocycles. The Bertz CT molecular complexity index is 3070. The number of hydrogen-bond acceptors (Lipinski definition) is 5. The molecule has 0 radical (unpaired) electrons. The van der Waals surface area contributed by atoms with Gasteiger partial charge in [0.1, 0.15) is 12.0 Å². The highest BCUT2D eigenvalue weighted by Crippen LogP contribution is 2.63. The minimum absolute atomic E-state index is 0.266. The number of para-hydroxylation sites is 1. The minimum Gasteiger partial charge on any atom is -0.344 e. The van der Waals surface area contributed by atoms with Gasteiger partial charge in [-0.3, -0.25) is 4.98 Å². The van der Waals surface area contributed by atoms with E-state index in [0.29, 0.717) is 0 Å². The molecule has 12 rings (SSSR count). The van der Waals surface area contributed by atoms with Gasteiger partial charge in [0.05, 0.1) is 10.9 Å². The second-order valence-corrected chi connectivity index (χ2v) is 17.2. The van der Waals surface area contributed by atoms with Crippen LogP contribution < -0.4 is 5.32 Å². The lowest BCUT2D eigenvalue weighted by Gasteiger charge is -2.40. The van der Waals surface area contributed by atoms with E-state index in [1.165, 1.54) is 59.9 Å². The molecular formula is C55H40N4S. The first-order valence-electron chi connectivity index (χ1n) is 21.0. The molecule has 1 N–H and O–H groups in total. The number of allylic oxidation sites excluding steroid dienone is 5. The Balaban J connectivity index is 1.02. The Kier molecular flexibility index (Phi) is 8.31. The van der Waals surface area contributed by atoms with Crippen molar-refractivity contribution in [3.63, 3.8) is 0 Å². The van der Waals surface area contributed by atoms with Crippen LogP contribution in [0, 0.1) is 0 Å². The number of benzene rings is 6. The summed E-state index contributed by atoms with van der Waals surface area (Å²) in [5.41, 5.74) is 16.5. The summed E-state index contributed by atoms with van der Waals surface area (Å²) in [6.45, 7) is 0. The number of aromatic nitrogens is 1. The van der Waals surface area contributed by atoms with Crippen LogP contribution >= 0.6 is 11.8 Å². The van der Waals surface area contributed by atoms with E-state index in [-0.39, 0.29) is 6.17 Å². The van der Waals surface area contributed by atoms with Gasteiger partial charge in [0.25, 0.3) is 0 Å². The summed E-state index contributed by atoms with van der Waals surface area (Å²) in [6.07, 6.45) is 18.9. The van der Waals surface area contributed by atoms with Crippen LogP contribution in [-0.2, 0) is 5.41 Å². The number of nitrogens with one attached hydrogen (secondary N) is 1. The molecule has 1 spiro atoms. The molecule has 1 aromatic heterocycles. The molecule has 3 heterocycles. The summed E-state index contributed by atoms with van der Waals surface area (Å²) in [5.74, 6) is 1.72. The molecule has 0 bridgehead atoms. The molecule has 286 valence electrons. The third kappa shape index (κ3) is 5.56. The maximum atomic E-state index is 5.26. The SMILES string of the molecule is C1=CCCC(C2=NC(C3=CCCC=C3)=NC(c3cccc(-c4ccc5c(c4)C4(c6cc(-c7cccc8cccnc78)ccc6S5)c5ccccc5-c5ccccc54)c3)N2)=C1. The quantitative estimate of drug-likeness (QED) is 0.189. The molecule has 1 unspecified atom stereocenters. The molecule has 60 heavy (non-hydrogen) atoms. The normalized spacial score (nSPS) is 18.0. The minimum atomic E-state index is -0.524. The van der Waals surface area contributed by atoms with Crippen molar-refractivity contribution < 1.29 is 0 Å². The van der Waals surface area contributed by atoms with E-state index in [0.717, 1.165) is 70.5 Å². The molecule has 6 aromatic carbocycles. The first kappa shape index (κ1) is 35.2. The topological polar surface area (TPSA) is 49.6 Å². The van der Waals surface area contributed by atoms with E-state index in [1.54, 1.807) is 0 Å². The molecule has 0 fully saturated rings. The zero-order valence-electron chi connectivity index (χ0n) is 33.0. The summed E-state index contributed by atoms with van der Waals surface area (Å²) >= 11 is 1.88. The summed E-state index contributed by atoms with van der Waals surface area (Å²) in [7, 11) is 0. The van der Waals surface area contributed by atoms with Gasteiger partial charge in [0.2, 0.25) is 0 Å². The second-order valence-electron chi connectivity index (χ2n) is 16.1. The van der Waals surface area contributed by atoms with Crippen molar-refractivity contribution in [2.75, 3.05) is 0 Å². The smallest absolute Gasteiger partial charge is 0.159 e. The van der Waals surface area contributed by atoms with E-state index in [4.69, 9.17) is 15.0 Å². The monoisotopic (exact) mass is 788 g/mol. The maximum absolute atomic E-state index is 5.26. The van der Waals surface area contributed by atoms with Gasteiger partial charge in [-0.2, -0.15) is 0 Å². The van der Waals surface area contributed by atoms with Crippen LogP contribution in [0.15, 0.2) is 213 Å². The first-order valence-corrected chi connectivity index (χ1v) is 21.8. The Hall–Kier alpha value is -6.82. The summed E-state index contributed by atoms with van der Waals surface area (Å²) in [5, 5.41) is 4.88. The highest BCUT2D eigenvalue weighted by molar-refractivity contribution is 7.99. The number of amidine groups is 2. The van der Waals surface area contributed by atoms with Gasteiger partial charge in [-0.15, -0.1) is 0 Å². The summed E-state index contributed by atoms with van der Waals surface area (Å²) < 4.78 is 0. The molecule has 4 nitrogen and oxygen atoms in total. The molecular weight excluding hydrogens is 749 g/mol. The number of pyridine rings is 1. The van der Waals surface area contributed by atoms with Crippen LogP contribution in [0.2, 0.25) is 0 Å². The standard InChI is InChI=1S/C55H40N4S/c1-3-14-36(15-4-1)52-57-53(37-16-5-2-6-17-37)59-54(58-52)41-20-11-19-38(32-41)39-27-29-49-47(33-39)55(45-25-9-7-22-43(45)44-23-8-10-26-46(44)55)48-34-40(28-30-50(48)60-49)42-24-12-18-35-21-13-31-56-51(35)42/h1,3,5,7-14,16-34,54H,2,4,6,15H2,(H,57,58,59). The van der Waals surface area contributed by atoms with Crippen LogP contribution in [0.1, 0.15) is 59.7 Å². The first-order chi connectivity index (χ1) is 29.7. The number of fused-ring (bicyclic) bond motifs is 10. The second kappa shape index (κ2) is 14.2. The number of hydrogen-bond donors (Lipinski definition) is 1. The summed E-state index contributed by atoms with van der Waals surface area (Å²) in [6, 6.07) is 51.9. The summed E-state index contributed by atoms with van der Waals surface area (Å²) in [4.78, 5) is 17.8. The van der Waals surface area contributed by atoms with Gasteiger partial charge in [-0.05, 0) is 123 Å². The van der Waals surface area contributed by atoms with Gasteiger partial charge in [0.15, 0.2) is 5.84 Å². The average Bonchev–Trinajstić information content (AvgIpc) is 3.62. The number of aliphatic imine (C=N–C) groups is 2. The molecule has 0 amide bonds. The van der Waals surface area contributed by atoms with Gasteiger partial charge >= 0.3 is 0 Å². The largest absolute Gasteiger partial charge is 0.344 e. The van der Waals surface area contributed by atoms with E-state index < -0.39 is 5.41 Å². The van der Waals surface area contributed by atoms with Crippen molar-refractivity contribution in [2.45, 2.75) is 47.1 Å². The van der Waals surface area contributed by atoms with Gasteiger partial charge in [0, 0.05) is 32.5 Å². The van der Waals surface area contributed by atoms with Crippen molar-refractivity contribution in [1.82, 2.24) is 10.3 Å². The predicted octanol–water partition coefficient (Wildman–Crippen LogP) is 13.3. The Morgan fingerprint density at radius 2 is 1.35 bits per heavy atom. The van der Waals surface area contributed by atoms with Gasteiger partial charge < -0.3 is 5.32 Å². The zero-order valence-corrected chi connectivity index (χ0v) is 33.8. The van der Waals surface area contributed by atoms with E-state index >= 15 is 0 Å². The Labute approximate surface area is 354 Å². The fourth-order valence-electron chi connectivity index (χ4n) is 9.97. The van der Waals surface area contributed by atoms with Crippen LogP contribution in [0.25, 0.3) is 44.3 Å². The lowest BCUT2D eigenvalue weighted by molar-refractivity contribution is 0.670. The van der Waals surface area contributed by atoms with Crippen molar-refractivity contribution in [3.8, 4) is 33.4 Å². The molecule has 5 aliphatic rings. The molecule has 3 aliphatic carbocycles. The molecule has 1 atom stereocenters. The predicted molar refractivity (Wildman–Crippen MR) is 248 cm³/mol. The van der Waals surface area contributed by atoms with E-state index in [9.17, 15) is 0 Å². The number of nitrogens with zero attached hydrogens (tertiary/aromatic N) is 3. The molecule has 0 saturated carbocycles. The molecule has 7 aromatic rings. The van der Waals surface area contributed by atoms with E-state index in [1.807, 2.05) is 24.0 Å². The Morgan fingerprint density at radius 1 is 0.617 bits per heavy atom. The fraction of sp³-hybridized carbons (Fsp3) is 0.109. The van der Waals surface area contributed by atoms with Crippen molar-refractivity contribution in [2.24, 2.45) is 9.98 Å². The maximum Gasteiger partial charge on any atom is 0.159 e. The Morgan fingerprint density at radius 3 is 2.13 bits per heavy atom. The lowest BCUT2D eigenvalue weighted by Crippen LogP contribution is -2.34. The highest BCUT2D eigenvalue weighted by atomic mass is 32.2. The van der Waals surface area contributed by atoms with Crippen LogP contribution in [0.5, 0.6) is 0 Å². The van der Waals surface area contributed by atoms with Crippen LogP contribution in [-0.4, -0.2) is 16.7 Å². The fourth-order valence-corrected chi connectivity index (χ4v) is 11.1. The van der Waals surface area contributed by atoms with E-state index in [2.05, 4.69) is 175 Å². The third-order valence-electron chi connectivity index (χ3n) is 12.7. The van der Waals surface area contributed by atoms with Gasteiger partial charge in [-0.1, -0.05) is 151 Å². The van der Waals surface area contributed by atoms with Crippen molar-refractivity contribution in [3.05, 3.63) is 221 Å². The van der Waals surface area contributed by atoms with Crippen LogP contribution in [0.4, 0.5) is 0 Å². The van der Waals surface area contributed by atoms with Gasteiger partial charge in [-0.25, -0.2) is 9.98 Å². The number of rotatable bonds is 5. The zero-order chi connectivity index (χ0) is 39.6. The average molecular weight is 789 g/mol. The third-order valence-corrected chi connectivity index (χ3v) is 13.9. The molecule has 5 heteroatoms. The lowest BCUT2D eigenvalue weighted by atomic mass is 9.66.